The summed E-state index contributed by atoms with van der Waals surface area (Å²) in [6.45, 7) is 4.05. The molecule has 0 aliphatic carbocycles. The molecule has 0 saturated heterocycles. The Hall–Kier alpha value is -1.90. The van der Waals surface area contributed by atoms with Crippen molar-refractivity contribution in [1.29, 1.82) is 0 Å². The second-order valence-corrected chi connectivity index (χ2v) is 3.50. The van der Waals surface area contributed by atoms with Gasteiger partial charge in [0.2, 0.25) is 0 Å². The molecule has 0 aliphatic heterocycles. The fourth-order valence-electron chi connectivity index (χ4n) is 1.86. The van der Waals surface area contributed by atoms with Gasteiger partial charge in [-0.1, -0.05) is 24.3 Å². The van der Waals surface area contributed by atoms with Crippen LogP contribution in [-0.2, 0) is 0 Å². The van der Waals surface area contributed by atoms with Gasteiger partial charge in [0, 0.05) is 16.8 Å². The molecule has 0 unspecified atom stereocenters. The van der Waals surface area contributed by atoms with E-state index in [1.54, 1.807) is 14.2 Å². The molecule has 0 saturated carbocycles. The SMILES string of the molecule is [CH2]COc1c(OC)cc(OC)c2ccccc12. The molecule has 0 N–H and O–H groups in total. The van der Waals surface area contributed by atoms with Gasteiger partial charge in [-0.05, 0) is 6.92 Å². The number of rotatable bonds is 4. The van der Waals surface area contributed by atoms with Crippen LogP contribution in [0.25, 0.3) is 10.8 Å². The Balaban J connectivity index is 2.75. The third kappa shape index (κ3) is 2.00. The highest BCUT2D eigenvalue weighted by Crippen LogP contribution is 2.41. The van der Waals surface area contributed by atoms with Crippen LogP contribution in [-0.4, -0.2) is 20.8 Å². The molecular formula is C14H15O3. The van der Waals surface area contributed by atoms with Crippen molar-refractivity contribution in [3.8, 4) is 17.2 Å². The lowest BCUT2D eigenvalue weighted by molar-refractivity contribution is 0.326. The lowest BCUT2D eigenvalue weighted by Gasteiger charge is -2.14. The molecule has 0 aromatic heterocycles. The van der Waals surface area contributed by atoms with E-state index in [9.17, 15) is 0 Å². The predicted octanol–water partition coefficient (Wildman–Crippen LogP) is 3.07. The van der Waals surface area contributed by atoms with E-state index in [1.807, 2.05) is 30.3 Å². The standard InChI is InChI=1S/C14H15O3/c1-4-17-14-11-8-6-5-7-10(11)12(15-2)9-13(14)16-3/h5-9H,1,4H2,2-3H3. The van der Waals surface area contributed by atoms with Gasteiger partial charge < -0.3 is 14.2 Å². The van der Waals surface area contributed by atoms with Crippen LogP contribution in [0.1, 0.15) is 0 Å². The van der Waals surface area contributed by atoms with E-state index >= 15 is 0 Å². The normalized spacial score (nSPS) is 10.3. The van der Waals surface area contributed by atoms with Crippen molar-refractivity contribution in [2.75, 3.05) is 20.8 Å². The second kappa shape index (κ2) is 4.95. The highest BCUT2D eigenvalue weighted by molar-refractivity contribution is 5.95. The lowest BCUT2D eigenvalue weighted by atomic mass is 10.1. The van der Waals surface area contributed by atoms with E-state index in [2.05, 4.69) is 6.92 Å². The minimum absolute atomic E-state index is 0.354. The van der Waals surface area contributed by atoms with Gasteiger partial charge in [0.1, 0.15) is 5.75 Å². The molecule has 17 heavy (non-hydrogen) atoms. The molecule has 0 spiro atoms. The van der Waals surface area contributed by atoms with Crippen molar-refractivity contribution in [2.45, 2.75) is 0 Å². The predicted molar refractivity (Wildman–Crippen MR) is 67.9 cm³/mol. The molecule has 2 rings (SSSR count). The first-order chi connectivity index (χ1) is 8.31. The quantitative estimate of drug-likeness (QED) is 0.809. The highest BCUT2D eigenvalue weighted by atomic mass is 16.5. The van der Waals surface area contributed by atoms with Crippen LogP contribution < -0.4 is 14.2 Å². The van der Waals surface area contributed by atoms with E-state index < -0.39 is 0 Å². The molecule has 0 aliphatic rings. The summed E-state index contributed by atoms with van der Waals surface area (Å²) in [4.78, 5) is 0. The van der Waals surface area contributed by atoms with Crippen molar-refractivity contribution in [3.05, 3.63) is 37.3 Å². The van der Waals surface area contributed by atoms with E-state index in [4.69, 9.17) is 14.2 Å². The Morgan fingerprint density at radius 2 is 1.65 bits per heavy atom. The summed E-state index contributed by atoms with van der Waals surface area (Å²) in [6, 6.07) is 9.71. The van der Waals surface area contributed by atoms with Gasteiger partial charge >= 0.3 is 0 Å². The Morgan fingerprint density at radius 1 is 1.00 bits per heavy atom. The van der Waals surface area contributed by atoms with Gasteiger partial charge in [0.25, 0.3) is 0 Å². The first kappa shape index (κ1) is 11.6. The third-order valence-corrected chi connectivity index (χ3v) is 2.61. The number of fused-ring (bicyclic) bond motifs is 1. The number of benzene rings is 2. The minimum atomic E-state index is 0.354. The molecule has 2 aromatic carbocycles. The van der Waals surface area contributed by atoms with Crippen LogP contribution in [0.5, 0.6) is 17.2 Å². The smallest absolute Gasteiger partial charge is 0.169 e. The first-order valence-electron chi connectivity index (χ1n) is 5.37. The topological polar surface area (TPSA) is 27.7 Å². The number of methoxy groups -OCH3 is 2. The van der Waals surface area contributed by atoms with Gasteiger partial charge in [-0.15, -0.1) is 0 Å². The second-order valence-electron chi connectivity index (χ2n) is 3.50. The van der Waals surface area contributed by atoms with Crippen molar-refractivity contribution in [3.63, 3.8) is 0 Å². The van der Waals surface area contributed by atoms with E-state index in [1.165, 1.54) is 0 Å². The Morgan fingerprint density at radius 3 is 2.24 bits per heavy atom. The minimum Gasteiger partial charge on any atom is -0.496 e. The molecule has 0 bridgehead atoms. The Kier molecular flexibility index (Phi) is 3.38. The molecule has 3 nitrogen and oxygen atoms in total. The fourth-order valence-corrected chi connectivity index (χ4v) is 1.86. The van der Waals surface area contributed by atoms with Crippen LogP contribution >= 0.6 is 0 Å². The van der Waals surface area contributed by atoms with E-state index in [-0.39, 0.29) is 0 Å². The van der Waals surface area contributed by atoms with Crippen LogP contribution in [0.3, 0.4) is 0 Å². The first-order valence-corrected chi connectivity index (χ1v) is 5.37. The monoisotopic (exact) mass is 231 g/mol. The summed E-state index contributed by atoms with van der Waals surface area (Å²) in [5.74, 6) is 2.14. The zero-order valence-corrected chi connectivity index (χ0v) is 10.0. The molecule has 0 fully saturated rings. The zero-order chi connectivity index (χ0) is 12.3. The Labute approximate surface area is 101 Å². The molecule has 89 valence electrons. The zero-order valence-electron chi connectivity index (χ0n) is 10.0. The number of ether oxygens (including phenoxy) is 3. The van der Waals surface area contributed by atoms with Crippen molar-refractivity contribution in [2.24, 2.45) is 0 Å². The molecular weight excluding hydrogens is 216 g/mol. The highest BCUT2D eigenvalue weighted by Gasteiger charge is 2.13. The number of hydrogen-bond acceptors (Lipinski definition) is 3. The van der Waals surface area contributed by atoms with Crippen LogP contribution in [0.4, 0.5) is 0 Å². The van der Waals surface area contributed by atoms with Gasteiger partial charge in [-0.3, -0.25) is 0 Å². The van der Waals surface area contributed by atoms with Gasteiger partial charge in [0.15, 0.2) is 11.5 Å². The molecule has 0 amide bonds. The van der Waals surface area contributed by atoms with E-state index in [0.29, 0.717) is 18.1 Å². The average Bonchev–Trinajstić information content (AvgIpc) is 2.39. The van der Waals surface area contributed by atoms with Crippen molar-refractivity contribution in [1.82, 2.24) is 0 Å². The van der Waals surface area contributed by atoms with E-state index in [0.717, 1.165) is 16.5 Å². The third-order valence-electron chi connectivity index (χ3n) is 2.61. The maximum atomic E-state index is 5.55. The maximum absolute atomic E-state index is 5.55. The van der Waals surface area contributed by atoms with Gasteiger partial charge in [-0.25, -0.2) is 0 Å². The lowest BCUT2D eigenvalue weighted by Crippen LogP contribution is -1.98. The van der Waals surface area contributed by atoms with Crippen molar-refractivity contribution < 1.29 is 14.2 Å². The summed E-state index contributed by atoms with van der Waals surface area (Å²) in [6.07, 6.45) is 0. The summed E-state index contributed by atoms with van der Waals surface area (Å²) in [5, 5.41) is 1.96. The summed E-state index contributed by atoms with van der Waals surface area (Å²) in [7, 11) is 3.25. The number of hydrogen-bond donors (Lipinski definition) is 0. The Bertz CT molecular complexity index is 520. The van der Waals surface area contributed by atoms with Crippen LogP contribution in [0, 0.1) is 6.92 Å². The maximum Gasteiger partial charge on any atom is 0.169 e. The van der Waals surface area contributed by atoms with Crippen LogP contribution in [0.2, 0.25) is 0 Å². The van der Waals surface area contributed by atoms with Gasteiger partial charge in [0.05, 0.1) is 20.8 Å². The summed E-state index contributed by atoms with van der Waals surface area (Å²) < 4.78 is 16.2. The average molecular weight is 231 g/mol. The van der Waals surface area contributed by atoms with Crippen LogP contribution in [0.15, 0.2) is 30.3 Å². The molecule has 0 heterocycles. The summed E-state index contributed by atoms with van der Waals surface area (Å²) in [5.41, 5.74) is 0. The summed E-state index contributed by atoms with van der Waals surface area (Å²) >= 11 is 0. The molecule has 1 radical (unpaired) electrons. The fraction of sp³-hybridized carbons (Fsp3) is 0.214. The molecule has 0 atom stereocenters. The van der Waals surface area contributed by atoms with Gasteiger partial charge in [-0.2, -0.15) is 0 Å². The van der Waals surface area contributed by atoms with Crippen molar-refractivity contribution >= 4 is 10.8 Å². The largest absolute Gasteiger partial charge is 0.496 e. The molecule has 2 aromatic rings. The molecule has 3 heteroatoms.